The van der Waals surface area contributed by atoms with E-state index >= 15 is 0 Å². The van der Waals surface area contributed by atoms with Crippen molar-refractivity contribution in [2.45, 2.75) is 27.2 Å². The molecule has 0 aliphatic carbocycles. The van der Waals surface area contributed by atoms with Crippen molar-refractivity contribution < 1.29 is 4.79 Å². The average molecular weight is 342 g/mol. The fourth-order valence-electron chi connectivity index (χ4n) is 1.00. The van der Waals surface area contributed by atoms with Crippen LogP contribution in [-0.4, -0.2) is 32.0 Å². The summed E-state index contributed by atoms with van der Waals surface area (Å²) in [6.45, 7) is 6.91. The first kappa shape index (κ1) is 17.9. The van der Waals surface area contributed by atoms with E-state index in [0.29, 0.717) is 12.5 Å². The fraction of sp³-hybridized carbons (Fsp3) is 0.800. The minimum atomic E-state index is -0.521. The molecule has 1 amide bonds. The lowest BCUT2D eigenvalue weighted by Gasteiger charge is -2.20. The van der Waals surface area contributed by atoms with Crippen molar-refractivity contribution in [1.82, 2.24) is 10.6 Å². The topological polar surface area (TPSA) is 79.5 Å². The third-order valence-corrected chi connectivity index (χ3v) is 2.04. The van der Waals surface area contributed by atoms with Crippen molar-refractivity contribution in [3.05, 3.63) is 0 Å². The number of nitrogens with zero attached hydrogens (tertiary/aromatic N) is 1. The van der Waals surface area contributed by atoms with Gasteiger partial charge in [-0.05, 0) is 20.3 Å². The summed E-state index contributed by atoms with van der Waals surface area (Å²) in [6.07, 6.45) is 0.995. The summed E-state index contributed by atoms with van der Waals surface area (Å²) in [5, 5.41) is 5.56. The van der Waals surface area contributed by atoms with Crippen LogP contribution < -0.4 is 16.4 Å². The molecule has 96 valence electrons. The molecule has 0 spiro atoms. The van der Waals surface area contributed by atoms with Crippen LogP contribution in [0.4, 0.5) is 0 Å². The lowest BCUT2D eigenvalue weighted by Crippen LogP contribution is -2.39. The van der Waals surface area contributed by atoms with E-state index in [1.54, 1.807) is 7.05 Å². The molecule has 0 radical (unpaired) electrons. The Kier molecular flexibility index (Phi) is 9.60. The quantitative estimate of drug-likeness (QED) is 0.391. The van der Waals surface area contributed by atoms with Crippen molar-refractivity contribution in [3.8, 4) is 0 Å². The molecule has 0 heterocycles. The number of carbonyl (C=O) groups excluding carboxylic acids is 1. The molecule has 0 atom stereocenters. The second kappa shape index (κ2) is 8.60. The number of carbonyl (C=O) groups is 1. The lowest BCUT2D eigenvalue weighted by atomic mass is 9.93. The molecule has 0 aliphatic rings. The van der Waals surface area contributed by atoms with Crippen LogP contribution in [0, 0.1) is 5.41 Å². The number of halogens is 1. The maximum atomic E-state index is 11.4. The molecule has 0 aliphatic heterocycles. The highest BCUT2D eigenvalue weighted by Gasteiger charge is 2.26. The zero-order valence-electron chi connectivity index (χ0n) is 10.5. The summed E-state index contributed by atoms with van der Waals surface area (Å²) in [4.78, 5) is 15.5. The fourth-order valence-corrected chi connectivity index (χ4v) is 1.00. The standard InChI is InChI=1S/C10H22N4O.HI/c1-5-6-13-9(11)14-7-10(2,3)8(15)12-4;/h5-7H2,1-4H3,(H,12,15)(H3,11,13,14);1H. The molecule has 4 N–H and O–H groups in total. The Hall–Kier alpha value is -0.530. The summed E-state index contributed by atoms with van der Waals surface area (Å²) in [7, 11) is 1.62. The van der Waals surface area contributed by atoms with Gasteiger partial charge in [0.05, 0.1) is 12.0 Å². The van der Waals surface area contributed by atoms with E-state index in [-0.39, 0.29) is 29.9 Å². The van der Waals surface area contributed by atoms with Crippen molar-refractivity contribution in [1.29, 1.82) is 0 Å². The Labute approximate surface area is 115 Å². The number of rotatable bonds is 5. The van der Waals surface area contributed by atoms with E-state index in [0.717, 1.165) is 13.0 Å². The predicted octanol–water partition coefficient (Wildman–Crippen LogP) is 0.691. The summed E-state index contributed by atoms with van der Waals surface area (Å²) < 4.78 is 0. The summed E-state index contributed by atoms with van der Waals surface area (Å²) in [6, 6.07) is 0. The highest BCUT2D eigenvalue weighted by atomic mass is 127. The monoisotopic (exact) mass is 342 g/mol. The van der Waals surface area contributed by atoms with Crippen LogP contribution >= 0.6 is 24.0 Å². The molecule has 0 aromatic rings. The van der Waals surface area contributed by atoms with E-state index in [1.807, 2.05) is 13.8 Å². The number of hydrogen-bond donors (Lipinski definition) is 3. The SMILES string of the molecule is CCCNC(N)=NCC(C)(C)C(=O)NC.I. The van der Waals surface area contributed by atoms with Crippen molar-refractivity contribution >= 4 is 35.8 Å². The third kappa shape index (κ3) is 6.86. The summed E-state index contributed by atoms with van der Waals surface area (Å²) >= 11 is 0. The van der Waals surface area contributed by atoms with Gasteiger partial charge >= 0.3 is 0 Å². The summed E-state index contributed by atoms with van der Waals surface area (Å²) in [5.41, 5.74) is 5.10. The van der Waals surface area contributed by atoms with Crippen molar-refractivity contribution in [2.24, 2.45) is 16.1 Å². The second-order valence-electron chi connectivity index (χ2n) is 4.09. The number of hydrogen-bond acceptors (Lipinski definition) is 2. The molecule has 0 unspecified atom stereocenters. The number of aliphatic imine (C=N–C) groups is 1. The first-order valence-electron chi connectivity index (χ1n) is 5.20. The van der Waals surface area contributed by atoms with Crippen LogP contribution in [0.25, 0.3) is 0 Å². The van der Waals surface area contributed by atoms with E-state index in [1.165, 1.54) is 0 Å². The van der Waals surface area contributed by atoms with Crippen LogP contribution in [0.5, 0.6) is 0 Å². The third-order valence-electron chi connectivity index (χ3n) is 2.04. The van der Waals surface area contributed by atoms with E-state index in [4.69, 9.17) is 5.73 Å². The molecule has 0 saturated heterocycles. The highest BCUT2D eigenvalue weighted by Crippen LogP contribution is 2.14. The van der Waals surface area contributed by atoms with Gasteiger partial charge in [-0.1, -0.05) is 6.92 Å². The van der Waals surface area contributed by atoms with Gasteiger partial charge in [0.1, 0.15) is 0 Å². The van der Waals surface area contributed by atoms with Gasteiger partial charge in [-0.3, -0.25) is 9.79 Å². The van der Waals surface area contributed by atoms with Gasteiger partial charge in [0.2, 0.25) is 5.91 Å². The molecule has 0 bridgehead atoms. The zero-order valence-corrected chi connectivity index (χ0v) is 12.8. The molecule has 0 saturated carbocycles. The maximum absolute atomic E-state index is 11.4. The smallest absolute Gasteiger partial charge is 0.227 e. The van der Waals surface area contributed by atoms with Crippen LogP contribution in [-0.2, 0) is 4.79 Å². The van der Waals surface area contributed by atoms with E-state index in [2.05, 4.69) is 22.5 Å². The molecule has 16 heavy (non-hydrogen) atoms. The molecule has 0 rings (SSSR count). The minimum absolute atomic E-state index is 0. The molecular formula is C10H23IN4O. The Morgan fingerprint density at radius 3 is 2.44 bits per heavy atom. The first-order valence-corrected chi connectivity index (χ1v) is 5.20. The van der Waals surface area contributed by atoms with Gasteiger partial charge in [0.15, 0.2) is 5.96 Å². The molecule has 6 heteroatoms. The van der Waals surface area contributed by atoms with Gasteiger partial charge in [-0.2, -0.15) is 0 Å². The van der Waals surface area contributed by atoms with Crippen LogP contribution in [0.15, 0.2) is 4.99 Å². The predicted molar refractivity (Wildman–Crippen MR) is 78.0 cm³/mol. The van der Waals surface area contributed by atoms with Gasteiger partial charge in [0.25, 0.3) is 0 Å². The lowest BCUT2D eigenvalue weighted by molar-refractivity contribution is -0.128. The second-order valence-corrected chi connectivity index (χ2v) is 4.09. The zero-order chi connectivity index (χ0) is 11.9. The maximum Gasteiger partial charge on any atom is 0.227 e. The van der Waals surface area contributed by atoms with Crippen LogP contribution in [0.3, 0.4) is 0 Å². The van der Waals surface area contributed by atoms with Gasteiger partial charge in [-0.15, -0.1) is 24.0 Å². The van der Waals surface area contributed by atoms with E-state index < -0.39 is 5.41 Å². The Morgan fingerprint density at radius 1 is 1.44 bits per heavy atom. The Balaban J connectivity index is 0. The molecule has 0 aromatic carbocycles. The van der Waals surface area contributed by atoms with Crippen molar-refractivity contribution in [2.75, 3.05) is 20.1 Å². The molecule has 0 fully saturated rings. The Bertz CT molecular complexity index is 241. The molecule has 5 nitrogen and oxygen atoms in total. The summed E-state index contributed by atoms with van der Waals surface area (Å²) in [5.74, 6) is 0.364. The largest absolute Gasteiger partial charge is 0.370 e. The number of guanidine groups is 1. The van der Waals surface area contributed by atoms with Crippen molar-refractivity contribution in [3.63, 3.8) is 0 Å². The minimum Gasteiger partial charge on any atom is -0.370 e. The number of nitrogens with one attached hydrogen (secondary N) is 2. The number of amides is 1. The molecule has 0 aromatic heterocycles. The average Bonchev–Trinajstić information content (AvgIpc) is 2.22. The number of nitrogens with two attached hydrogens (primary N) is 1. The normalized spacial score (nSPS) is 11.6. The van der Waals surface area contributed by atoms with Crippen LogP contribution in [0.2, 0.25) is 0 Å². The first-order chi connectivity index (χ1) is 6.94. The molecular weight excluding hydrogens is 319 g/mol. The van der Waals surface area contributed by atoms with Gasteiger partial charge in [0, 0.05) is 13.6 Å². The van der Waals surface area contributed by atoms with E-state index in [9.17, 15) is 4.79 Å². The Morgan fingerprint density at radius 2 is 2.00 bits per heavy atom. The highest BCUT2D eigenvalue weighted by molar-refractivity contribution is 14.0. The van der Waals surface area contributed by atoms with Gasteiger partial charge < -0.3 is 16.4 Å². The van der Waals surface area contributed by atoms with Gasteiger partial charge in [-0.25, -0.2) is 0 Å². The van der Waals surface area contributed by atoms with Crippen LogP contribution in [0.1, 0.15) is 27.2 Å².